The molecule has 0 radical (unpaired) electrons. The molecule has 2 aromatic heterocycles. The van der Waals surface area contributed by atoms with Crippen molar-refractivity contribution in [1.29, 1.82) is 0 Å². The standard InChI is InChI=1S/C24H23N3O5S/c1-33(29,30)20-8-6-17(7-9-20)27-15-12-19(16-23(27)28)31-18-10-13-26(14-11-18)24-25-21-4-2-3-5-22(21)32-24/h2-9,12,15-16,18H,10-11,13-14H2,1H3. The number of nitrogens with zero attached hydrogens (tertiary/aromatic N) is 3. The fraction of sp³-hybridized carbons (Fsp3) is 0.250. The van der Waals surface area contributed by atoms with Crippen LogP contribution >= 0.6 is 0 Å². The van der Waals surface area contributed by atoms with Crippen LogP contribution in [0.25, 0.3) is 16.8 Å². The van der Waals surface area contributed by atoms with E-state index in [4.69, 9.17) is 9.15 Å². The van der Waals surface area contributed by atoms with Gasteiger partial charge >= 0.3 is 0 Å². The van der Waals surface area contributed by atoms with Gasteiger partial charge in [-0.2, -0.15) is 4.98 Å². The van der Waals surface area contributed by atoms with E-state index < -0.39 is 9.84 Å². The molecule has 33 heavy (non-hydrogen) atoms. The maximum atomic E-state index is 12.6. The smallest absolute Gasteiger partial charge is 0.298 e. The largest absolute Gasteiger partial charge is 0.490 e. The normalized spacial score (nSPS) is 15.1. The minimum absolute atomic E-state index is 0.00470. The highest BCUT2D eigenvalue weighted by Gasteiger charge is 2.24. The number of rotatable bonds is 5. The zero-order valence-corrected chi connectivity index (χ0v) is 18.9. The average molecular weight is 466 g/mol. The van der Waals surface area contributed by atoms with Gasteiger partial charge in [0.1, 0.15) is 17.4 Å². The third-order valence-corrected chi connectivity index (χ3v) is 6.86. The molecule has 0 N–H and O–H groups in total. The van der Waals surface area contributed by atoms with Crippen molar-refractivity contribution in [3.63, 3.8) is 0 Å². The van der Waals surface area contributed by atoms with Gasteiger partial charge in [0.2, 0.25) is 0 Å². The van der Waals surface area contributed by atoms with Crippen LogP contribution in [0.1, 0.15) is 12.8 Å². The van der Waals surface area contributed by atoms with Crippen LogP contribution in [-0.4, -0.2) is 43.4 Å². The Morgan fingerprint density at radius 1 is 1.03 bits per heavy atom. The number of benzene rings is 2. The molecule has 0 bridgehead atoms. The second-order valence-electron chi connectivity index (χ2n) is 8.11. The highest BCUT2D eigenvalue weighted by molar-refractivity contribution is 7.90. The number of hydrogen-bond donors (Lipinski definition) is 0. The van der Waals surface area contributed by atoms with Crippen molar-refractivity contribution in [2.75, 3.05) is 24.2 Å². The number of para-hydroxylation sites is 2. The quantitative estimate of drug-likeness (QED) is 0.446. The first kappa shape index (κ1) is 21.3. The number of sulfone groups is 1. The van der Waals surface area contributed by atoms with Crippen LogP contribution in [0.5, 0.6) is 5.75 Å². The van der Waals surface area contributed by atoms with Crippen LogP contribution in [0.3, 0.4) is 0 Å². The van der Waals surface area contributed by atoms with Gasteiger partial charge in [0, 0.05) is 50.1 Å². The number of fused-ring (bicyclic) bond motifs is 1. The summed E-state index contributed by atoms with van der Waals surface area (Å²) in [6.07, 6.45) is 4.36. The van der Waals surface area contributed by atoms with Gasteiger partial charge in [0.25, 0.3) is 11.6 Å². The lowest BCUT2D eigenvalue weighted by Crippen LogP contribution is -2.38. The Balaban J connectivity index is 1.23. The van der Waals surface area contributed by atoms with E-state index in [1.807, 2.05) is 24.3 Å². The Labute approximate surface area is 191 Å². The Morgan fingerprint density at radius 2 is 1.76 bits per heavy atom. The molecule has 8 nitrogen and oxygen atoms in total. The van der Waals surface area contributed by atoms with E-state index in [-0.39, 0.29) is 16.6 Å². The molecular formula is C24H23N3O5S. The molecule has 0 saturated carbocycles. The minimum atomic E-state index is -3.28. The SMILES string of the molecule is CS(=O)(=O)c1ccc(-n2ccc(OC3CCN(c4nc5ccccc5o4)CC3)cc2=O)cc1. The molecule has 2 aromatic carbocycles. The van der Waals surface area contributed by atoms with E-state index in [0.717, 1.165) is 43.3 Å². The number of hydrogen-bond acceptors (Lipinski definition) is 7. The predicted octanol–water partition coefficient (Wildman–Crippen LogP) is 3.43. The zero-order valence-electron chi connectivity index (χ0n) is 18.0. The summed E-state index contributed by atoms with van der Waals surface area (Å²) in [5.41, 5.74) is 1.96. The zero-order chi connectivity index (χ0) is 23.0. The van der Waals surface area contributed by atoms with Crippen molar-refractivity contribution in [1.82, 2.24) is 9.55 Å². The number of oxazole rings is 1. The Bertz CT molecular complexity index is 1420. The molecule has 170 valence electrons. The molecule has 0 atom stereocenters. The molecule has 0 aliphatic carbocycles. The van der Waals surface area contributed by atoms with E-state index >= 15 is 0 Å². The van der Waals surface area contributed by atoms with Crippen LogP contribution in [-0.2, 0) is 9.84 Å². The fourth-order valence-corrected chi connectivity index (χ4v) is 4.58. The molecule has 1 aliphatic rings. The van der Waals surface area contributed by atoms with Crippen LogP contribution < -0.4 is 15.2 Å². The van der Waals surface area contributed by atoms with Gasteiger partial charge in [0.15, 0.2) is 15.4 Å². The van der Waals surface area contributed by atoms with Gasteiger partial charge in [-0.25, -0.2) is 8.42 Å². The molecule has 1 aliphatic heterocycles. The summed E-state index contributed by atoms with van der Waals surface area (Å²) in [4.78, 5) is 19.5. The fourth-order valence-electron chi connectivity index (χ4n) is 3.95. The molecule has 3 heterocycles. The maximum absolute atomic E-state index is 12.6. The van der Waals surface area contributed by atoms with Gasteiger partial charge < -0.3 is 14.1 Å². The van der Waals surface area contributed by atoms with E-state index in [1.165, 1.54) is 22.8 Å². The molecule has 1 fully saturated rings. The van der Waals surface area contributed by atoms with Crippen molar-refractivity contribution >= 4 is 27.0 Å². The van der Waals surface area contributed by atoms with Gasteiger partial charge in [-0.15, -0.1) is 0 Å². The summed E-state index contributed by atoms with van der Waals surface area (Å²) >= 11 is 0. The monoisotopic (exact) mass is 465 g/mol. The molecular weight excluding hydrogens is 442 g/mol. The van der Waals surface area contributed by atoms with E-state index in [1.54, 1.807) is 24.4 Å². The molecule has 1 saturated heterocycles. The summed E-state index contributed by atoms with van der Waals surface area (Å²) in [6, 6.07) is 17.7. The third kappa shape index (κ3) is 4.49. The molecule has 9 heteroatoms. The van der Waals surface area contributed by atoms with Crippen LogP contribution in [0.4, 0.5) is 6.01 Å². The molecule has 4 aromatic rings. The number of pyridine rings is 1. The second kappa shape index (κ2) is 8.40. The lowest BCUT2D eigenvalue weighted by atomic mass is 10.1. The summed E-state index contributed by atoms with van der Waals surface area (Å²) in [5.74, 6) is 0.518. The van der Waals surface area contributed by atoms with Crippen molar-refractivity contribution in [3.05, 3.63) is 77.2 Å². The van der Waals surface area contributed by atoms with Crippen LogP contribution in [0.15, 0.2) is 81.0 Å². The Morgan fingerprint density at radius 3 is 2.42 bits per heavy atom. The van der Waals surface area contributed by atoms with E-state index in [2.05, 4.69) is 9.88 Å². The first-order chi connectivity index (χ1) is 15.9. The van der Waals surface area contributed by atoms with Crippen LogP contribution in [0, 0.1) is 0 Å². The summed E-state index contributed by atoms with van der Waals surface area (Å²) in [7, 11) is -3.28. The van der Waals surface area contributed by atoms with Crippen molar-refractivity contribution in [2.45, 2.75) is 23.8 Å². The van der Waals surface area contributed by atoms with Crippen LogP contribution in [0.2, 0.25) is 0 Å². The van der Waals surface area contributed by atoms with Gasteiger partial charge in [-0.05, 0) is 42.5 Å². The van der Waals surface area contributed by atoms with E-state index in [9.17, 15) is 13.2 Å². The Kier molecular flexibility index (Phi) is 5.41. The van der Waals surface area contributed by atoms with E-state index in [0.29, 0.717) is 17.5 Å². The highest BCUT2D eigenvalue weighted by Crippen LogP contribution is 2.26. The molecule has 0 unspecified atom stereocenters. The summed E-state index contributed by atoms with van der Waals surface area (Å²) in [6.45, 7) is 1.50. The first-order valence-corrected chi connectivity index (χ1v) is 12.6. The number of aromatic nitrogens is 2. The average Bonchev–Trinajstić information content (AvgIpc) is 3.24. The van der Waals surface area contributed by atoms with Crippen molar-refractivity contribution in [2.24, 2.45) is 0 Å². The third-order valence-electron chi connectivity index (χ3n) is 5.73. The minimum Gasteiger partial charge on any atom is -0.490 e. The first-order valence-electron chi connectivity index (χ1n) is 10.7. The number of ether oxygens (including phenoxy) is 1. The topological polar surface area (TPSA) is 94.6 Å². The summed E-state index contributed by atoms with van der Waals surface area (Å²) < 4.78 is 36.6. The van der Waals surface area contributed by atoms with Gasteiger partial charge in [0.05, 0.1) is 4.90 Å². The van der Waals surface area contributed by atoms with Crippen molar-refractivity contribution in [3.8, 4) is 11.4 Å². The lowest BCUT2D eigenvalue weighted by molar-refractivity contribution is 0.169. The maximum Gasteiger partial charge on any atom is 0.298 e. The molecule has 5 rings (SSSR count). The van der Waals surface area contributed by atoms with Gasteiger partial charge in [-0.3, -0.25) is 9.36 Å². The number of piperidine rings is 1. The highest BCUT2D eigenvalue weighted by atomic mass is 32.2. The second-order valence-corrected chi connectivity index (χ2v) is 10.1. The Hall–Kier alpha value is -3.59. The van der Waals surface area contributed by atoms with Crippen molar-refractivity contribution < 1.29 is 17.6 Å². The number of anilines is 1. The lowest BCUT2D eigenvalue weighted by Gasteiger charge is -2.31. The summed E-state index contributed by atoms with van der Waals surface area (Å²) in [5, 5.41) is 0. The van der Waals surface area contributed by atoms with Gasteiger partial charge in [-0.1, -0.05) is 12.1 Å². The predicted molar refractivity (Wildman–Crippen MR) is 125 cm³/mol. The molecule has 0 spiro atoms. The molecule has 0 amide bonds.